The first-order valence-electron chi connectivity index (χ1n) is 5.81. The molecule has 0 fully saturated rings. The largest absolute Gasteiger partial charge is 0.357 e. The van der Waals surface area contributed by atoms with Crippen molar-refractivity contribution in [2.45, 2.75) is 11.6 Å². The highest BCUT2D eigenvalue weighted by molar-refractivity contribution is 8.02. The van der Waals surface area contributed by atoms with E-state index in [0.29, 0.717) is 0 Å². The van der Waals surface area contributed by atoms with E-state index in [1.807, 2.05) is 22.9 Å². The van der Waals surface area contributed by atoms with Gasteiger partial charge in [-0.1, -0.05) is 42.1 Å². The summed E-state index contributed by atoms with van der Waals surface area (Å²) >= 11 is 1.58. The van der Waals surface area contributed by atoms with E-state index in [0.717, 1.165) is 35.2 Å². The van der Waals surface area contributed by atoms with Gasteiger partial charge in [0.1, 0.15) is 0 Å². The van der Waals surface area contributed by atoms with E-state index in [4.69, 9.17) is 0 Å². The first-order chi connectivity index (χ1) is 8.88. The Morgan fingerprint density at radius 1 is 1.22 bits per heavy atom. The van der Waals surface area contributed by atoms with Crippen molar-refractivity contribution in [2.24, 2.45) is 0 Å². The Morgan fingerprint density at radius 2 is 2.06 bits per heavy atom. The molecule has 0 saturated carbocycles. The Balaban J connectivity index is 1.90. The Morgan fingerprint density at radius 3 is 2.83 bits per heavy atom. The number of nitrogens with one attached hydrogen (secondary N) is 1. The van der Waals surface area contributed by atoms with Gasteiger partial charge in [-0.25, -0.2) is 4.68 Å². The van der Waals surface area contributed by atoms with Crippen LogP contribution in [0.15, 0.2) is 40.9 Å². The van der Waals surface area contributed by atoms with E-state index < -0.39 is 0 Å². The first kappa shape index (κ1) is 11.3. The van der Waals surface area contributed by atoms with Gasteiger partial charge in [0.2, 0.25) is 5.16 Å². The second-order valence-corrected chi connectivity index (χ2v) is 4.80. The van der Waals surface area contributed by atoms with Crippen molar-refractivity contribution >= 4 is 17.5 Å². The van der Waals surface area contributed by atoms with Gasteiger partial charge < -0.3 is 5.73 Å². The summed E-state index contributed by atoms with van der Waals surface area (Å²) in [5, 5.41) is 11.3. The third kappa shape index (κ3) is 2.00. The Bertz CT molecular complexity index is 575. The van der Waals surface area contributed by atoms with Crippen molar-refractivity contribution < 1.29 is 5.73 Å². The van der Waals surface area contributed by atoms with Crippen molar-refractivity contribution in [1.82, 2.24) is 14.9 Å². The Kier molecular flexibility index (Phi) is 3.04. The fourth-order valence-corrected chi connectivity index (χ4v) is 2.57. The molecule has 1 aromatic carbocycles. The molecule has 5 nitrogen and oxygen atoms in total. The van der Waals surface area contributed by atoms with E-state index >= 15 is 0 Å². The number of hydrogen-bond acceptors (Lipinski definition) is 4. The van der Waals surface area contributed by atoms with Gasteiger partial charge in [-0.15, -0.1) is 10.2 Å². The topological polar surface area (TPSA) is 70.4 Å². The van der Waals surface area contributed by atoms with Crippen LogP contribution in [-0.4, -0.2) is 21.4 Å². The Hall–Kier alpha value is -1.79. The predicted octanol–water partition coefficient (Wildman–Crippen LogP) is 0.710. The SMILES string of the molecule is [NH3+]CCc1nnc2n1NC(c1ccccc1)=CS2. The van der Waals surface area contributed by atoms with Crippen LogP contribution < -0.4 is 11.2 Å². The van der Waals surface area contributed by atoms with Crippen LogP contribution in [0.5, 0.6) is 0 Å². The molecule has 0 radical (unpaired) electrons. The van der Waals surface area contributed by atoms with Crippen LogP contribution in [0, 0.1) is 0 Å². The van der Waals surface area contributed by atoms with Crippen LogP contribution in [0.3, 0.4) is 0 Å². The molecule has 1 aliphatic heterocycles. The van der Waals surface area contributed by atoms with Crippen molar-refractivity contribution in [1.29, 1.82) is 0 Å². The number of quaternary nitrogens is 1. The average molecular weight is 260 g/mol. The summed E-state index contributed by atoms with van der Waals surface area (Å²) in [6.07, 6.45) is 0.822. The number of hydrogen-bond donors (Lipinski definition) is 2. The Labute approximate surface area is 109 Å². The molecule has 6 heteroatoms. The van der Waals surface area contributed by atoms with Gasteiger partial charge in [0, 0.05) is 5.41 Å². The molecule has 0 atom stereocenters. The van der Waals surface area contributed by atoms with Crippen LogP contribution in [0.4, 0.5) is 0 Å². The minimum absolute atomic E-state index is 0.814. The van der Waals surface area contributed by atoms with E-state index in [2.05, 4.69) is 38.9 Å². The monoisotopic (exact) mass is 260 g/mol. The number of fused-ring (bicyclic) bond motifs is 1. The molecule has 1 aromatic heterocycles. The highest BCUT2D eigenvalue weighted by Gasteiger charge is 2.17. The van der Waals surface area contributed by atoms with Gasteiger partial charge in [-0.05, 0) is 5.56 Å². The van der Waals surface area contributed by atoms with Crippen LogP contribution >= 0.6 is 11.8 Å². The molecule has 4 N–H and O–H groups in total. The molecular weight excluding hydrogens is 246 g/mol. The smallest absolute Gasteiger partial charge is 0.214 e. The number of thioether (sulfide) groups is 1. The summed E-state index contributed by atoms with van der Waals surface area (Å²) in [7, 11) is 0. The summed E-state index contributed by atoms with van der Waals surface area (Å²) in [6.45, 7) is 0.814. The van der Waals surface area contributed by atoms with Crippen molar-refractivity contribution in [3.63, 3.8) is 0 Å². The van der Waals surface area contributed by atoms with E-state index in [9.17, 15) is 0 Å². The van der Waals surface area contributed by atoms with Gasteiger partial charge in [-0.2, -0.15) is 0 Å². The second-order valence-electron chi connectivity index (χ2n) is 3.96. The summed E-state index contributed by atoms with van der Waals surface area (Å²) in [5.74, 6) is 0.925. The average Bonchev–Trinajstić information content (AvgIpc) is 2.83. The van der Waals surface area contributed by atoms with Crippen LogP contribution in [0.2, 0.25) is 0 Å². The molecule has 0 aliphatic carbocycles. The lowest BCUT2D eigenvalue weighted by molar-refractivity contribution is -0.366. The minimum Gasteiger partial charge on any atom is -0.357 e. The third-order valence-electron chi connectivity index (χ3n) is 2.70. The summed E-state index contributed by atoms with van der Waals surface area (Å²) in [4.78, 5) is 0. The fraction of sp³-hybridized carbons (Fsp3) is 0.167. The first-order valence-corrected chi connectivity index (χ1v) is 6.69. The molecule has 92 valence electrons. The van der Waals surface area contributed by atoms with Crippen molar-refractivity contribution in [3.05, 3.63) is 47.1 Å². The van der Waals surface area contributed by atoms with Crippen molar-refractivity contribution in [3.8, 4) is 0 Å². The van der Waals surface area contributed by atoms with Crippen LogP contribution in [0.1, 0.15) is 11.4 Å². The molecule has 2 heterocycles. The normalized spacial score (nSPS) is 13.7. The van der Waals surface area contributed by atoms with Gasteiger partial charge in [0.15, 0.2) is 5.82 Å². The number of benzene rings is 1. The molecule has 0 unspecified atom stereocenters. The molecule has 3 rings (SSSR count). The summed E-state index contributed by atoms with van der Waals surface area (Å²) in [6, 6.07) is 10.2. The molecule has 18 heavy (non-hydrogen) atoms. The number of nitrogens with zero attached hydrogens (tertiary/aromatic N) is 3. The highest BCUT2D eigenvalue weighted by atomic mass is 32.2. The van der Waals surface area contributed by atoms with E-state index in [1.165, 1.54) is 0 Å². The maximum atomic E-state index is 4.17. The second kappa shape index (κ2) is 4.83. The van der Waals surface area contributed by atoms with Gasteiger partial charge in [-0.3, -0.25) is 5.43 Å². The summed E-state index contributed by atoms with van der Waals surface area (Å²) < 4.78 is 1.94. The lowest BCUT2D eigenvalue weighted by Gasteiger charge is -2.18. The molecule has 0 bridgehead atoms. The predicted molar refractivity (Wildman–Crippen MR) is 71.1 cm³/mol. The standard InChI is InChI=1S/C12H13N5S/c13-7-6-11-14-15-12-17(11)16-10(8-18-12)9-4-2-1-3-5-9/h1-5,8,16H,6-7,13H2/p+1. The van der Waals surface area contributed by atoms with Gasteiger partial charge >= 0.3 is 0 Å². The molecule has 0 spiro atoms. The van der Waals surface area contributed by atoms with Crippen LogP contribution in [-0.2, 0) is 6.42 Å². The molecular formula is C12H14N5S+. The summed E-state index contributed by atoms with van der Waals surface area (Å²) in [5.41, 5.74) is 9.43. The van der Waals surface area contributed by atoms with Gasteiger partial charge in [0.25, 0.3) is 0 Å². The zero-order chi connectivity index (χ0) is 12.4. The zero-order valence-electron chi connectivity index (χ0n) is 9.84. The zero-order valence-corrected chi connectivity index (χ0v) is 10.7. The maximum Gasteiger partial charge on any atom is 0.214 e. The maximum absolute atomic E-state index is 4.17. The minimum atomic E-state index is 0.814. The fourth-order valence-electron chi connectivity index (χ4n) is 1.82. The molecule has 0 amide bonds. The van der Waals surface area contributed by atoms with Gasteiger partial charge in [0.05, 0.1) is 18.7 Å². The van der Waals surface area contributed by atoms with E-state index in [-0.39, 0.29) is 0 Å². The molecule has 1 aliphatic rings. The lowest BCUT2D eigenvalue weighted by atomic mass is 10.2. The molecule has 0 saturated heterocycles. The van der Waals surface area contributed by atoms with Crippen LogP contribution in [0.25, 0.3) is 5.70 Å². The third-order valence-corrected chi connectivity index (χ3v) is 3.53. The number of rotatable bonds is 3. The number of aromatic nitrogens is 3. The highest BCUT2D eigenvalue weighted by Crippen LogP contribution is 2.28. The quantitative estimate of drug-likeness (QED) is 0.852. The molecule has 2 aromatic rings. The van der Waals surface area contributed by atoms with E-state index in [1.54, 1.807) is 11.8 Å². The lowest BCUT2D eigenvalue weighted by Crippen LogP contribution is -2.51. The van der Waals surface area contributed by atoms with Crippen molar-refractivity contribution in [2.75, 3.05) is 12.0 Å².